The first-order valence-corrected chi connectivity index (χ1v) is 8.49. The molecule has 4 aromatic rings. The van der Waals surface area contributed by atoms with Crippen LogP contribution < -0.4 is 10.1 Å². The molecule has 8 heteroatoms. The molecule has 0 spiro atoms. The minimum Gasteiger partial charge on any atom is -0.457 e. The minimum absolute atomic E-state index is 0.375. The van der Waals surface area contributed by atoms with E-state index in [1.165, 1.54) is 6.33 Å². The predicted molar refractivity (Wildman–Crippen MR) is 102 cm³/mol. The van der Waals surface area contributed by atoms with Gasteiger partial charge in [0.25, 0.3) is 5.78 Å². The number of fused-ring (bicyclic) bond motifs is 1. The number of anilines is 2. The Morgan fingerprint density at radius 3 is 2.75 bits per heavy atom. The van der Waals surface area contributed by atoms with Crippen molar-refractivity contribution in [3.05, 3.63) is 72.2 Å². The van der Waals surface area contributed by atoms with E-state index in [1.54, 1.807) is 35.9 Å². The summed E-state index contributed by atoms with van der Waals surface area (Å²) in [6, 6.07) is 18.4. The van der Waals surface area contributed by atoms with Crippen molar-refractivity contribution in [1.29, 1.82) is 5.26 Å². The first kappa shape index (κ1) is 17.5. The molecule has 0 saturated heterocycles. The number of hydrogen-bond donors (Lipinski definition) is 1. The van der Waals surface area contributed by atoms with Gasteiger partial charge in [0.2, 0.25) is 0 Å². The number of methoxy groups -OCH3 is 1. The van der Waals surface area contributed by atoms with Gasteiger partial charge in [-0.2, -0.15) is 19.9 Å². The minimum atomic E-state index is 0.375. The summed E-state index contributed by atoms with van der Waals surface area (Å²) in [5.41, 5.74) is 2.15. The largest absolute Gasteiger partial charge is 0.457 e. The van der Waals surface area contributed by atoms with Crippen LogP contribution in [0.4, 0.5) is 11.5 Å². The molecule has 0 aliphatic rings. The van der Waals surface area contributed by atoms with E-state index < -0.39 is 0 Å². The molecule has 0 bridgehead atoms. The molecule has 4 rings (SSSR count). The van der Waals surface area contributed by atoms with Crippen LogP contribution in [-0.2, 0) is 11.3 Å². The van der Waals surface area contributed by atoms with Gasteiger partial charge in [-0.15, -0.1) is 0 Å². The lowest BCUT2D eigenvalue weighted by molar-refractivity contribution is 0.181. The molecule has 0 aliphatic carbocycles. The number of nitrogens with zero attached hydrogens (tertiary/aromatic N) is 5. The summed E-state index contributed by atoms with van der Waals surface area (Å²) < 4.78 is 12.7. The third kappa shape index (κ3) is 3.75. The van der Waals surface area contributed by atoms with Gasteiger partial charge in [0, 0.05) is 24.9 Å². The van der Waals surface area contributed by atoms with Crippen molar-refractivity contribution in [3.63, 3.8) is 0 Å². The summed E-state index contributed by atoms with van der Waals surface area (Å²) >= 11 is 0. The van der Waals surface area contributed by atoms with Crippen LogP contribution in [0.2, 0.25) is 0 Å². The molecule has 138 valence electrons. The number of nitrogens with one attached hydrogen (secondary N) is 1. The lowest BCUT2D eigenvalue weighted by atomic mass is 10.2. The van der Waals surface area contributed by atoms with E-state index in [9.17, 15) is 0 Å². The summed E-state index contributed by atoms with van der Waals surface area (Å²) in [6.07, 6.45) is 1.45. The lowest BCUT2D eigenvalue weighted by Gasteiger charge is -2.11. The van der Waals surface area contributed by atoms with Gasteiger partial charge in [-0.3, -0.25) is 0 Å². The summed E-state index contributed by atoms with van der Waals surface area (Å²) in [6.45, 7) is 0.375. The third-order valence-corrected chi connectivity index (χ3v) is 3.92. The quantitative estimate of drug-likeness (QED) is 0.551. The Hall–Kier alpha value is -3.96. The van der Waals surface area contributed by atoms with Crippen LogP contribution in [0.25, 0.3) is 5.78 Å². The van der Waals surface area contributed by atoms with Crippen LogP contribution in [0.5, 0.6) is 11.5 Å². The van der Waals surface area contributed by atoms with Gasteiger partial charge in [0.1, 0.15) is 23.6 Å². The van der Waals surface area contributed by atoms with E-state index in [0.717, 1.165) is 11.4 Å². The lowest BCUT2D eigenvalue weighted by Crippen LogP contribution is -2.04. The van der Waals surface area contributed by atoms with E-state index >= 15 is 0 Å². The summed E-state index contributed by atoms with van der Waals surface area (Å²) in [7, 11) is 1.62. The van der Waals surface area contributed by atoms with Crippen LogP contribution in [0.15, 0.2) is 60.9 Å². The maximum Gasteiger partial charge on any atom is 0.254 e. The Kier molecular flexibility index (Phi) is 4.82. The van der Waals surface area contributed by atoms with E-state index in [1.807, 2.05) is 30.3 Å². The smallest absolute Gasteiger partial charge is 0.254 e. The molecule has 0 amide bonds. The fourth-order valence-corrected chi connectivity index (χ4v) is 2.69. The van der Waals surface area contributed by atoms with Gasteiger partial charge in [-0.25, -0.2) is 4.98 Å². The Bertz CT molecular complexity index is 1150. The van der Waals surface area contributed by atoms with Gasteiger partial charge in [-0.1, -0.05) is 6.07 Å². The Morgan fingerprint density at radius 2 is 1.96 bits per heavy atom. The van der Waals surface area contributed by atoms with Crippen molar-refractivity contribution in [3.8, 4) is 17.6 Å². The molecule has 0 atom stereocenters. The second kappa shape index (κ2) is 7.73. The van der Waals surface area contributed by atoms with E-state index in [4.69, 9.17) is 14.7 Å². The average Bonchev–Trinajstić information content (AvgIpc) is 3.18. The Labute approximate surface area is 161 Å². The molecule has 0 unspecified atom stereocenters. The zero-order chi connectivity index (χ0) is 19.3. The third-order valence-electron chi connectivity index (χ3n) is 3.92. The van der Waals surface area contributed by atoms with Crippen LogP contribution in [-0.4, -0.2) is 26.7 Å². The molecule has 8 nitrogen and oxygen atoms in total. The molecule has 28 heavy (non-hydrogen) atoms. The standard InChI is InChI=1S/C20H16N6O2/c1-27-12-16-10-19(26-20(25-16)22-13-23-26)24-15-3-2-4-18(9-15)28-17-7-5-14(11-21)6-8-17/h2-10,13,24H,12H2,1H3. The molecular formula is C20H16N6O2. The van der Waals surface area contributed by atoms with Gasteiger partial charge >= 0.3 is 0 Å². The molecule has 0 aliphatic heterocycles. The number of hydrogen-bond acceptors (Lipinski definition) is 7. The summed E-state index contributed by atoms with van der Waals surface area (Å²) in [4.78, 5) is 8.54. The monoisotopic (exact) mass is 372 g/mol. The van der Waals surface area contributed by atoms with E-state index in [-0.39, 0.29) is 0 Å². The molecular weight excluding hydrogens is 356 g/mol. The molecule has 2 aromatic carbocycles. The van der Waals surface area contributed by atoms with Crippen molar-refractivity contribution in [2.75, 3.05) is 12.4 Å². The summed E-state index contributed by atoms with van der Waals surface area (Å²) in [5, 5.41) is 16.4. The fraction of sp³-hybridized carbons (Fsp3) is 0.100. The first-order valence-electron chi connectivity index (χ1n) is 8.49. The Morgan fingerprint density at radius 1 is 1.11 bits per heavy atom. The molecule has 0 radical (unpaired) electrons. The van der Waals surface area contributed by atoms with Crippen molar-refractivity contribution in [2.24, 2.45) is 0 Å². The van der Waals surface area contributed by atoms with Crippen LogP contribution in [0.3, 0.4) is 0 Å². The van der Waals surface area contributed by atoms with Crippen LogP contribution >= 0.6 is 0 Å². The fourth-order valence-electron chi connectivity index (χ4n) is 2.69. The maximum absolute atomic E-state index is 8.88. The highest BCUT2D eigenvalue weighted by molar-refractivity contribution is 5.60. The second-order valence-corrected chi connectivity index (χ2v) is 5.93. The zero-order valence-electron chi connectivity index (χ0n) is 15.0. The van der Waals surface area contributed by atoms with Gasteiger partial charge in [0.15, 0.2) is 0 Å². The number of nitriles is 1. The average molecular weight is 372 g/mol. The van der Waals surface area contributed by atoms with Gasteiger partial charge < -0.3 is 14.8 Å². The van der Waals surface area contributed by atoms with Crippen LogP contribution in [0.1, 0.15) is 11.3 Å². The highest BCUT2D eigenvalue weighted by atomic mass is 16.5. The Balaban J connectivity index is 1.59. The number of rotatable bonds is 6. The molecule has 2 aromatic heterocycles. The van der Waals surface area contributed by atoms with Crippen molar-refractivity contribution < 1.29 is 9.47 Å². The van der Waals surface area contributed by atoms with Crippen molar-refractivity contribution in [2.45, 2.75) is 6.61 Å². The SMILES string of the molecule is COCc1cc(Nc2cccc(Oc3ccc(C#N)cc3)c2)n2ncnc2n1. The first-order chi connectivity index (χ1) is 13.7. The normalized spacial score (nSPS) is 10.6. The zero-order valence-corrected chi connectivity index (χ0v) is 15.0. The second-order valence-electron chi connectivity index (χ2n) is 5.93. The highest BCUT2D eigenvalue weighted by Crippen LogP contribution is 2.26. The number of ether oxygens (including phenoxy) is 2. The van der Waals surface area contributed by atoms with Gasteiger partial charge in [0.05, 0.1) is 23.9 Å². The maximum atomic E-state index is 8.88. The molecule has 0 fully saturated rings. The number of benzene rings is 2. The molecule has 0 saturated carbocycles. The molecule has 2 heterocycles. The van der Waals surface area contributed by atoms with E-state index in [2.05, 4.69) is 26.5 Å². The van der Waals surface area contributed by atoms with Crippen molar-refractivity contribution in [1.82, 2.24) is 19.6 Å². The van der Waals surface area contributed by atoms with E-state index in [0.29, 0.717) is 35.3 Å². The van der Waals surface area contributed by atoms with Crippen LogP contribution in [0, 0.1) is 11.3 Å². The number of aromatic nitrogens is 4. The summed E-state index contributed by atoms with van der Waals surface area (Å²) in [5.74, 6) is 2.52. The van der Waals surface area contributed by atoms with Gasteiger partial charge in [-0.05, 0) is 36.4 Å². The topological polar surface area (TPSA) is 97.4 Å². The highest BCUT2D eigenvalue weighted by Gasteiger charge is 2.09. The van der Waals surface area contributed by atoms with Crippen molar-refractivity contribution >= 4 is 17.3 Å². The molecule has 1 N–H and O–H groups in total. The predicted octanol–water partition coefficient (Wildman–Crippen LogP) is 3.68.